The van der Waals surface area contributed by atoms with Crippen LogP contribution in [0.4, 0.5) is 5.69 Å². The number of piperazine rings is 2. The summed E-state index contributed by atoms with van der Waals surface area (Å²) in [6.45, 7) is 15.9. The molecule has 2 aliphatic rings. The van der Waals surface area contributed by atoms with E-state index in [1.54, 1.807) is 9.80 Å². The number of nitrogens with one attached hydrogen (secondary N) is 2. The van der Waals surface area contributed by atoms with Crippen molar-refractivity contribution in [1.29, 1.82) is 0 Å². The normalized spacial score (nSPS) is 22.8. The van der Waals surface area contributed by atoms with Gasteiger partial charge in [0.05, 0.1) is 71.1 Å². The van der Waals surface area contributed by atoms with E-state index < -0.39 is 6.34 Å². The van der Waals surface area contributed by atoms with Gasteiger partial charge < -0.3 is 14.7 Å². The van der Waals surface area contributed by atoms with E-state index in [0.717, 1.165) is 37.4 Å². The maximum atomic E-state index is 6.55. The van der Waals surface area contributed by atoms with Crippen molar-refractivity contribution in [3.63, 3.8) is 0 Å². The van der Waals surface area contributed by atoms with Crippen LogP contribution < -0.4 is 9.80 Å². The maximum Gasteiger partial charge on any atom is 0.167 e. The minimum Gasteiger partial charge on any atom is -0.342 e. The molecule has 0 amide bonds. The number of nitrogens with zero attached hydrogens (tertiary/aromatic N) is 4. The van der Waals surface area contributed by atoms with E-state index in [9.17, 15) is 0 Å². The average Bonchev–Trinajstić information content (AvgIpc) is 2.77. The van der Waals surface area contributed by atoms with Crippen molar-refractivity contribution in [3.8, 4) is 0 Å². The first-order valence-corrected chi connectivity index (χ1v) is 13.8. The van der Waals surface area contributed by atoms with Crippen LogP contribution in [-0.2, 0) is 11.8 Å². The molecule has 2 fully saturated rings. The Balaban J connectivity index is 1.96. The van der Waals surface area contributed by atoms with Gasteiger partial charge in [0.25, 0.3) is 0 Å². The fourth-order valence-corrected chi connectivity index (χ4v) is 7.94. The minimum absolute atomic E-state index is 1.02. The molecule has 0 radical (unpaired) electrons. The molecule has 1 aromatic carbocycles. The monoisotopic (exact) mass is 438 g/mol. The molecule has 162 valence electrons. The van der Waals surface area contributed by atoms with Crippen LogP contribution in [0.25, 0.3) is 0 Å². The van der Waals surface area contributed by atoms with Crippen molar-refractivity contribution in [1.82, 2.24) is 14.2 Å². The quantitative estimate of drug-likeness (QED) is 0.372. The molecule has 2 saturated heterocycles. The Morgan fingerprint density at radius 3 is 1.97 bits per heavy atom. The summed E-state index contributed by atoms with van der Waals surface area (Å²) < 4.78 is 4.89. The Labute approximate surface area is 182 Å². The standard InChI is InChI=1S/C21H37N6PS/c1-5-24-12-16-26(17-13-24)21(22-20-10-8-7-9-11-20)28(29,23(3)4)27-18-14-25(6-2)15-19-27/h7-11H,5-6,12-19H2,1-4H3/p+2/t28-/m1/s1. The summed E-state index contributed by atoms with van der Waals surface area (Å²) in [7, 11) is 4.32. The molecule has 29 heavy (non-hydrogen) atoms. The molecule has 0 unspecified atom stereocenters. The zero-order chi connectivity index (χ0) is 20.9. The van der Waals surface area contributed by atoms with Crippen molar-refractivity contribution in [2.45, 2.75) is 13.8 Å². The first-order valence-electron chi connectivity index (χ1n) is 11.1. The number of hydrogen-bond donors (Lipinski definition) is 2. The highest BCUT2D eigenvalue weighted by Gasteiger charge is 2.40. The van der Waals surface area contributed by atoms with E-state index in [0.29, 0.717) is 0 Å². The van der Waals surface area contributed by atoms with E-state index >= 15 is 0 Å². The predicted molar refractivity (Wildman–Crippen MR) is 127 cm³/mol. The molecule has 3 rings (SSSR count). The lowest BCUT2D eigenvalue weighted by Gasteiger charge is -2.46. The van der Waals surface area contributed by atoms with Gasteiger partial charge in [-0.05, 0) is 40.1 Å². The Kier molecular flexibility index (Phi) is 8.25. The number of benzene rings is 1. The molecule has 6 nitrogen and oxygen atoms in total. The number of para-hydroxylation sites is 1. The van der Waals surface area contributed by atoms with Gasteiger partial charge in [0.2, 0.25) is 0 Å². The second-order valence-electron chi connectivity index (χ2n) is 8.29. The topological polar surface area (TPSA) is 31.0 Å². The molecule has 0 aliphatic carbocycles. The summed E-state index contributed by atoms with van der Waals surface area (Å²) in [4.78, 5) is 11.1. The van der Waals surface area contributed by atoms with Crippen LogP contribution in [0.5, 0.6) is 0 Å². The summed E-state index contributed by atoms with van der Waals surface area (Å²) in [6, 6.07) is 10.4. The molecule has 0 spiro atoms. The van der Waals surface area contributed by atoms with Crippen molar-refractivity contribution in [2.24, 2.45) is 4.99 Å². The summed E-state index contributed by atoms with van der Waals surface area (Å²) >= 11 is 6.55. The van der Waals surface area contributed by atoms with Crippen molar-refractivity contribution < 1.29 is 9.80 Å². The van der Waals surface area contributed by atoms with Gasteiger partial charge in [-0.15, -0.1) is 0 Å². The lowest BCUT2D eigenvalue weighted by molar-refractivity contribution is -0.902. The smallest absolute Gasteiger partial charge is 0.167 e. The molecule has 1 atom stereocenters. The molecule has 2 N–H and O–H groups in total. The van der Waals surface area contributed by atoms with Crippen LogP contribution in [0.3, 0.4) is 0 Å². The van der Waals surface area contributed by atoms with Crippen LogP contribution >= 0.6 is 6.34 Å². The summed E-state index contributed by atoms with van der Waals surface area (Å²) in [5.41, 5.74) is 2.15. The molecule has 0 bridgehead atoms. The summed E-state index contributed by atoms with van der Waals surface area (Å²) in [5, 5.41) is 0. The lowest BCUT2D eigenvalue weighted by atomic mass is 10.3. The average molecular weight is 439 g/mol. The lowest BCUT2D eigenvalue weighted by Crippen LogP contribution is -3.14. The molecular weight excluding hydrogens is 399 g/mol. The molecule has 0 saturated carbocycles. The van der Waals surface area contributed by atoms with Gasteiger partial charge in [-0.1, -0.05) is 30.0 Å². The summed E-state index contributed by atoms with van der Waals surface area (Å²) in [5.74, 6) is 0. The number of rotatable bonds is 6. The van der Waals surface area contributed by atoms with Gasteiger partial charge in [0, 0.05) is 0 Å². The Morgan fingerprint density at radius 2 is 1.48 bits per heavy atom. The second-order valence-corrected chi connectivity index (χ2v) is 12.7. The maximum absolute atomic E-state index is 6.55. The Morgan fingerprint density at radius 1 is 0.966 bits per heavy atom. The molecule has 2 aliphatic heterocycles. The van der Waals surface area contributed by atoms with Gasteiger partial charge in [0.15, 0.2) is 5.58 Å². The van der Waals surface area contributed by atoms with Crippen LogP contribution in [0.15, 0.2) is 35.3 Å². The predicted octanol–water partition coefficient (Wildman–Crippen LogP) is -0.0140. The van der Waals surface area contributed by atoms with E-state index in [2.05, 4.69) is 72.5 Å². The van der Waals surface area contributed by atoms with Crippen LogP contribution in [0.1, 0.15) is 13.8 Å². The highest BCUT2D eigenvalue weighted by molar-refractivity contribution is 8.20. The third-order valence-corrected chi connectivity index (χ3v) is 11.7. The molecule has 0 aromatic heterocycles. The van der Waals surface area contributed by atoms with Gasteiger partial charge in [-0.2, -0.15) is 0 Å². The van der Waals surface area contributed by atoms with Crippen molar-refractivity contribution >= 4 is 29.4 Å². The molecule has 8 heteroatoms. The first kappa shape index (κ1) is 22.9. The number of hydrogen-bond acceptors (Lipinski definition) is 2. The largest absolute Gasteiger partial charge is 0.342 e. The third-order valence-electron chi connectivity index (χ3n) is 6.37. The van der Waals surface area contributed by atoms with E-state index in [1.807, 2.05) is 0 Å². The van der Waals surface area contributed by atoms with E-state index in [4.69, 9.17) is 16.8 Å². The van der Waals surface area contributed by atoms with E-state index in [-0.39, 0.29) is 0 Å². The molecule has 2 heterocycles. The number of amidine groups is 1. The van der Waals surface area contributed by atoms with Gasteiger partial charge in [0.1, 0.15) is 6.34 Å². The second kappa shape index (κ2) is 10.5. The first-order chi connectivity index (χ1) is 14.0. The number of likely N-dealkylation sites (N-methyl/N-ethyl adjacent to an activating group) is 2. The van der Waals surface area contributed by atoms with Crippen molar-refractivity contribution in [2.75, 3.05) is 79.5 Å². The van der Waals surface area contributed by atoms with Crippen LogP contribution in [-0.4, -0.2) is 99.4 Å². The molecule has 1 aromatic rings. The van der Waals surface area contributed by atoms with Gasteiger partial charge >= 0.3 is 0 Å². The fraction of sp³-hybridized carbons (Fsp3) is 0.667. The van der Waals surface area contributed by atoms with Gasteiger partial charge in [-0.3, -0.25) is 4.67 Å². The number of aliphatic imine (C=N–C) groups is 1. The summed E-state index contributed by atoms with van der Waals surface area (Å²) in [6.07, 6.45) is -2.12. The third kappa shape index (κ3) is 5.27. The fourth-order valence-electron chi connectivity index (χ4n) is 4.31. The van der Waals surface area contributed by atoms with Gasteiger partial charge in [-0.25, -0.2) is 9.66 Å². The zero-order valence-corrected chi connectivity index (χ0v) is 20.3. The van der Waals surface area contributed by atoms with Crippen LogP contribution in [0, 0.1) is 0 Å². The Hall–Kier alpha value is -0.820. The highest BCUT2D eigenvalue weighted by atomic mass is 32.4. The number of quaternary nitrogens is 2. The minimum atomic E-state index is -2.12. The zero-order valence-electron chi connectivity index (χ0n) is 18.6. The van der Waals surface area contributed by atoms with E-state index in [1.165, 1.54) is 39.3 Å². The SMILES string of the molecule is CC[NH+]1CCN(C(=Nc2ccccc2)[P@@](=S)(N(C)C)N2CC[NH+](CC)CC2)CC1. The molecular formula is C21H39N6PS+2. The van der Waals surface area contributed by atoms with Crippen molar-refractivity contribution in [3.05, 3.63) is 30.3 Å². The Bertz CT molecular complexity index is 709. The highest BCUT2D eigenvalue weighted by Crippen LogP contribution is 2.54. The van der Waals surface area contributed by atoms with Crippen LogP contribution in [0.2, 0.25) is 0 Å².